The van der Waals surface area contributed by atoms with Crippen LogP contribution in [0.15, 0.2) is 48.6 Å². The third-order valence-electron chi connectivity index (χ3n) is 10.6. The molecular formula is C50H90NO10P. The molecule has 0 aliphatic heterocycles. The number of hydrogen-bond acceptors (Lipinski definition) is 9. The lowest BCUT2D eigenvalue weighted by molar-refractivity contribution is -0.161. The maximum Gasteiger partial charge on any atom is 0.472 e. The number of rotatable bonds is 46. The molecule has 0 amide bonds. The number of allylic oxidation sites excluding steroid dienone is 8. The average Bonchev–Trinajstić information content (AvgIpc) is 3.25. The number of carbonyl (C=O) groups excluding carboxylic acids is 2. The van der Waals surface area contributed by atoms with E-state index in [0.717, 1.165) is 57.8 Å². The lowest BCUT2D eigenvalue weighted by Gasteiger charge is -2.20. The van der Waals surface area contributed by atoms with Gasteiger partial charge in [-0.15, -0.1) is 0 Å². The topological polar surface area (TPSA) is 172 Å². The third-order valence-corrected chi connectivity index (χ3v) is 11.5. The van der Waals surface area contributed by atoms with Gasteiger partial charge in [0.25, 0.3) is 0 Å². The third kappa shape index (κ3) is 44.1. The van der Waals surface area contributed by atoms with Crippen LogP contribution in [0.3, 0.4) is 0 Å². The molecule has 0 radical (unpaired) electrons. The van der Waals surface area contributed by atoms with Crippen LogP contribution >= 0.6 is 7.82 Å². The molecule has 0 saturated carbocycles. The molecule has 0 bridgehead atoms. The zero-order valence-corrected chi connectivity index (χ0v) is 40.1. The molecule has 0 rings (SSSR count). The molecule has 3 unspecified atom stereocenters. The minimum atomic E-state index is -4.73. The van der Waals surface area contributed by atoms with Gasteiger partial charge in [-0.05, 0) is 51.4 Å². The zero-order valence-electron chi connectivity index (χ0n) is 39.2. The quantitative estimate of drug-likeness (QED) is 0.0230. The van der Waals surface area contributed by atoms with Crippen molar-refractivity contribution in [1.82, 2.24) is 0 Å². The fourth-order valence-electron chi connectivity index (χ4n) is 6.76. The van der Waals surface area contributed by atoms with Crippen LogP contribution in [0.5, 0.6) is 0 Å². The van der Waals surface area contributed by atoms with Crippen LogP contribution in [0.1, 0.15) is 219 Å². The molecule has 0 spiro atoms. The molecule has 12 heteroatoms. The molecular weight excluding hydrogens is 806 g/mol. The Bertz CT molecular complexity index is 1240. The van der Waals surface area contributed by atoms with Crippen molar-refractivity contribution in [3.63, 3.8) is 0 Å². The van der Waals surface area contributed by atoms with Gasteiger partial charge in [-0.1, -0.05) is 204 Å². The van der Waals surface area contributed by atoms with E-state index in [4.69, 9.17) is 24.8 Å². The number of unbranched alkanes of at least 4 members (excludes halogenated alkanes) is 24. The number of carboxylic acid groups (broad SMARTS) is 1. The van der Waals surface area contributed by atoms with Crippen molar-refractivity contribution in [1.29, 1.82) is 0 Å². The largest absolute Gasteiger partial charge is 0.480 e. The number of nitrogens with two attached hydrogens (primary N) is 1. The molecule has 0 aromatic rings. The fourth-order valence-corrected chi connectivity index (χ4v) is 7.54. The summed E-state index contributed by atoms with van der Waals surface area (Å²) in [5, 5.41) is 8.91. The zero-order chi connectivity index (χ0) is 45.6. The molecule has 3 atom stereocenters. The molecule has 11 nitrogen and oxygen atoms in total. The van der Waals surface area contributed by atoms with Crippen LogP contribution in [-0.4, -0.2) is 59.9 Å². The maximum absolute atomic E-state index is 12.6. The van der Waals surface area contributed by atoms with Crippen molar-refractivity contribution in [2.24, 2.45) is 5.73 Å². The summed E-state index contributed by atoms with van der Waals surface area (Å²) >= 11 is 0. The maximum atomic E-state index is 12.6. The Morgan fingerprint density at radius 2 is 0.903 bits per heavy atom. The van der Waals surface area contributed by atoms with E-state index in [9.17, 15) is 23.8 Å². The number of aliphatic carboxylic acids is 1. The van der Waals surface area contributed by atoms with Gasteiger partial charge < -0.3 is 25.2 Å². The van der Waals surface area contributed by atoms with Crippen LogP contribution in [0.2, 0.25) is 0 Å². The highest BCUT2D eigenvalue weighted by Crippen LogP contribution is 2.43. The van der Waals surface area contributed by atoms with E-state index < -0.39 is 51.1 Å². The highest BCUT2D eigenvalue weighted by molar-refractivity contribution is 7.47. The van der Waals surface area contributed by atoms with Crippen molar-refractivity contribution in [2.75, 3.05) is 19.8 Å². The highest BCUT2D eigenvalue weighted by atomic mass is 31.2. The Morgan fingerprint density at radius 3 is 1.35 bits per heavy atom. The summed E-state index contributed by atoms with van der Waals surface area (Å²) in [6.45, 7) is 2.67. The smallest absolute Gasteiger partial charge is 0.472 e. The molecule has 360 valence electrons. The second kappa shape index (κ2) is 45.0. The summed E-state index contributed by atoms with van der Waals surface area (Å²) in [4.78, 5) is 46.1. The first-order valence-electron chi connectivity index (χ1n) is 24.7. The summed E-state index contributed by atoms with van der Waals surface area (Å²) in [6.07, 6.45) is 51.9. The van der Waals surface area contributed by atoms with E-state index in [2.05, 4.69) is 67.0 Å². The number of hydrogen-bond donors (Lipinski definition) is 3. The summed E-state index contributed by atoms with van der Waals surface area (Å²) in [7, 11) is -4.73. The molecule has 0 aromatic heterocycles. The fraction of sp³-hybridized carbons (Fsp3) is 0.780. The van der Waals surface area contributed by atoms with E-state index in [0.29, 0.717) is 12.8 Å². The summed E-state index contributed by atoms with van der Waals surface area (Å²) in [5.41, 5.74) is 5.34. The summed E-state index contributed by atoms with van der Waals surface area (Å²) < 4.78 is 32.7. The van der Waals surface area contributed by atoms with E-state index in [1.54, 1.807) is 0 Å². The van der Waals surface area contributed by atoms with E-state index in [1.165, 1.54) is 122 Å². The van der Waals surface area contributed by atoms with Gasteiger partial charge in [-0.2, -0.15) is 0 Å². The lowest BCUT2D eigenvalue weighted by atomic mass is 10.0. The molecule has 62 heavy (non-hydrogen) atoms. The van der Waals surface area contributed by atoms with Gasteiger partial charge in [-0.3, -0.25) is 23.4 Å². The minimum absolute atomic E-state index is 0.109. The van der Waals surface area contributed by atoms with E-state index >= 15 is 0 Å². The Hall–Kier alpha value is -2.56. The Kier molecular flexibility index (Phi) is 43.2. The van der Waals surface area contributed by atoms with Gasteiger partial charge in [0.1, 0.15) is 12.6 Å². The standard InChI is InChI=1S/C50H90NO10P/c1-3-5-7-9-11-13-15-17-19-20-21-22-23-24-25-26-28-29-31-33-35-37-39-41-48(52)58-43-46(44-59-62(56,57)60-45-47(51)50(54)55)61-49(53)42-40-38-36-34-32-30-27-18-16-14-12-10-8-6-4-2/h6,8,12,14,18,27,32,34,46-47H,3-5,7,9-11,13,15-17,19-26,28-31,33,35-45,51H2,1-2H3,(H,54,55)(H,56,57)/b8-6-,14-12-,27-18-,34-32-. The second-order valence-corrected chi connectivity index (χ2v) is 18.0. The predicted molar refractivity (Wildman–Crippen MR) is 254 cm³/mol. The van der Waals surface area contributed by atoms with Crippen molar-refractivity contribution in [2.45, 2.75) is 231 Å². The molecule has 4 N–H and O–H groups in total. The predicted octanol–water partition coefficient (Wildman–Crippen LogP) is 13.7. The van der Waals surface area contributed by atoms with Crippen LogP contribution < -0.4 is 5.73 Å². The molecule has 0 fully saturated rings. The van der Waals surface area contributed by atoms with Gasteiger partial charge in [-0.25, -0.2) is 4.57 Å². The minimum Gasteiger partial charge on any atom is -0.480 e. The van der Waals surface area contributed by atoms with Gasteiger partial charge in [0.15, 0.2) is 6.10 Å². The number of phosphoric ester groups is 1. The summed E-state index contributed by atoms with van der Waals surface area (Å²) in [5.74, 6) is -2.43. The van der Waals surface area contributed by atoms with Crippen molar-refractivity contribution in [3.05, 3.63) is 48.6 Å². The van der Waals surface area contributed by atoms with Gasteiger partial charge in [0.05, 0.1) is 13.2 Å². The number of carboxylic acids is 1. The first-order valence-corrected chi connectivity index (χ1v) is 26.2. The molecule has 0 heterocycles. The second-order valence-electron chi connectivity index (χ2n) is 16.6. The number of phosphoric acid groups is 1. The van der Waals surface area contributed by atoms with Gasteiger partial charge in [0.2, 0.25) is 0 Å². The van der Waals surface area contributed by atoms with Gasteiger partial charge in [0, 0.05) is 12.8 Å². The lowest BCUT2D eigenvalue weighted by Crippen LogP contribution is -2.34. The Balaban J connectivity index is 4.24. The first-order chi connectivity index (χ1) is 30.1. The van der Waals surface area contributed by atoms with Crippen molar-refractivity contribution < 1.29 is 47.5 Å². The van der Waals surface area contributed by atoms with Crippen molar-refractivity contribution in [3.8, 4) is 0 Å². The SMILES string of the molecule is CC/C=C\C/C=C\C/C=C\C/C=C\CCCCC(=O)OC(COC(=O)CCCCCCCCCCCCCCCCCCCCCCCCC)COP(=O)(O)OCC(N)C(=O)O. The number of carbonyl (C=O) groups is 3. The number of esters is 2. The summed E-state index contributed by atoms with van der Waals surface area (Å²) in [6, 6.07) is -1.53. The van der Waals surface area contributed by atoms with Crippen molar-refractivity contribution >= 4 is 25.7 Å². The number of ether oxygens (including phenoxy) is 2. The highest BCUT2D eigenvalue weighted by Gasteiger charge is 2.28. The average molecular weight is 896 g/mol. The monoisotopic (exact) mass is 896 g/mol. The van der Waals surface area contributed by atoms with Crippen LogP contribution in [0, 0.1) is 0 Å². The molecule has 0 aliphatic carbocycles. The molecule has 0 aromatic carbocycles. The van der Waals surface area contributed by atoms with Crippen LogP contribution in [-0.2, 0) is 37.5 Å². The molecule has 0 saturated heterocycles. The van der Waals surface area contributed by atoms with Gasteiger partial charge >= 0.3 is 25.7 Å². The van der Waals surface area contributed by atoms with E-state index in [-0.39, 0.29) is 19.4 Å². The Morgan fingerprint density at radius 1 is 0.516 bits per heavy atom. The van der Waals surface area contributed by atoms with E-state index in [1.807, 2.05) is 0 Å². The normalized spacial score (nSPS) is 14.0. The first kappa shape index (κ1) is 59.4. The van der Waals surface area contributed by atoms with Crippen LogP contribution in [0.4, 0.5) is 0 Å². The van der Waals surface area contributed by atoms with Crippen LogP contribution in [0.25, 0.3) is 0 Å². The molecule has 0 aliphatic rings. The Labute approximate surface area is 377 Å².